The maximum absolute atomic E-state index is 13.0. The van der Waals surface area contributed by atoms with E-state index in [0.29, 0.717) is 34.4 Å². The number of hydrogen-bond donors (Lipinski definition) is 0. The van der Waals surface area contributed by atoms with Crippen molar-refractivity contribution in [3.05, 3.63) is 71.4 Å². The van der Waals surface area contributed by atoms with Crippen molar-refractivity contribution in [2.45, 2.75) is 25.9 Å². The Morgan fingerprint density at radius 1 is 1.03 bits per heavy atom. The van der Waals surface area contributed by atoms with Crippen molar-refractivity contribution in [1.29, 1.82) is 0 Å². The van der Waals surface area contributed by atoms with Gasteiger partial charge in [-0.05, 0) is 37.0 Å². The summed E-state index contributed by atoms with van der Waals surface area (Å²) in [4.78, 5) is 31.6. The molecule has 0 atom stereocenters. The molecule has 6 nitrogen and oxygen atoms in total. The summed E-state index contributed by atoms with van der Waals surface area (Å²) in [6, 6.07) is 14.9. The van der Waals surface area contributed by atoms with Crippen molar-refractivity contribution < 1.29 is 19.1 Å². The molecular formula is C24H24N2O4. The molecule has 1 saturated heterocycles. The predicted octanol–water partition coefficient (Wildman–Crippen LogP) is 4.23. The van der Waals surface area contributed by atoms with Gasteiger partial charge in [0.05, 0.1) is 12.7 Å². The van der Waals surface area contributed by atoms with Gasteiger partial charge in [0.15, 0.2) is 0 Å². The molecule has 0 aliphatic carbocycles. The van der Waals surface area contributed by atoms with Crippen molar-refractivity contribution in [3.8, 4) is 5.88 Å². The van der Waals surface area contributed by atoms with Crippen LogP contribution in [0.15, 0.2) is 54.7 Å². The summed E-state index contributed by atoms with van der Waals surface area (Å²) in [6.45, 7) is 1.86. The summed E-state index contributed by atoms with van der Waals surface area (Å²) in [5.74, 6) is -0.147. The number of methoxy groups -OCH3 is 1. The lowest BCUT2D eigenvalue weighted by Crippen LogP contribution is -2.35. The Hall–Kier alpha value is -3.41. The normalized spacial score (nSPS) is 13.8. The van der Waals surface area contributed by atoms with Gasteiger partial charge in [-0.25, -0.2) is 9.78 Å². The minimum absolute atomic E-state index is 0.0637. The van der Waals surface area contributed by atoms with E-state index in [4.69, 9.17) is 9.47 Å². The minimum atomic E-state index is -0.492. The van der Waals surface area contributed by atoms with Crippen molar-refractivity contribution in [1.82, 2.24) is 9.88 Å². The molecule has 0 N–H and O–H groups in total. The SMILES string of the molecule is COC(=O)c1cc(C(=O)N2CCCCC2)cc2cnc(OCc3ccccc3)cc12. The first-order valence-corrected chi connectivity index (χ1v) is 10.1. The zero-order valence-corrected chi connectivity index (χ0v) is 17.0. The van der Waals surface area contributed by atoms with Gasteiger partial charge >= 0.3 is 5.97 Å². The van der Waals surface area contributed by atoms with Gasteiger partial charge in [0.25, 0.3) is 5.91 Å². The molecule has 2 heterocycles. The number of carbonyl (C=O) groups is 2. The van der Waals surface area contributed by atoms with Crippen LogP contribution in [0.3, 0.4) is 0 Å². The molecule has 1 aromatic heterocycles. The first-order chi connectivity index (χ1) is 14.7. The number of carbonyl (C=O) groups excluding carboxylic acids is 2. The van der Waals surface area contributed by atoms with Gasteiger partial charge in [0, 0.05) is 41.7 Å². The Bertz CT molecular complexity index is 1060. The fourth-order valence-corrected chi connectivity index (χ4v) is 3.73. The third kappa shape index (κ3) is 4.27. The summed E-state index contributed by atoms with van der Waals surface area (Å²) in [5.41, 5.74) is 1.84. The van der Waals surface area contributed by atoms with Gasteiger partial charge in [-0.2, -0.15) is 0 Å². The van der Waals surface area contributed by atoms with Gasteiger partial charge in [0.2, 0.25) is 5.88 Å². The van der Waals surface area contributed by atoms with Crippen LogP contribution in [0.25, 0.3) is 10.8 Å². The molecular weight excluding hydrogens is 380 g/mol. The molecule has 0 radical (unpaired) electrons. The molecule has 6 heteroatoms. The van der Waals surface area contributed by atoms with Crippen molar-refractivity contribution in [3.63, 3.8) is 0 Å². The van der Waals surface area contributed by atoms with Crippen molar-refractivity contribution in [2.24, 2.45) is 0 Å². The number of likely N-dealkylation sites (tertiary alicyclic amines) is 1. The average Bonchev–Trinajstić information content (AvgIpc) is 2.82. The topological polar surface area (TPSA) is 68.7 Å². The van der Waals surface area contributed by atoms with Crippen LogP contribution in [0, 0.1) is 0 Å². The van der Waals surface area contributed by atoms with Crippen LogP contribution in [0.2, 0.25) is 0 Å². The second kappa shape index (κ2) is 8.95. The van der Waals surface area contributed by atoms with Crippen LogP contribution < -0.4 is 4.74 Å². The smallest absolute Gasteiger partial charge is 0.338 e. The number of benzene rings is 2. The summed E-state index contributed by atoms with van der Waals surface area (Å²) in [5, 5.41) is 1.35. The van der Waals surface area contributed by atoms with E-state index in [2.05, 4.69) is 4.98 Å². The molecule has 1 aliphatic rings. The highest BCUT2D eigenvalue weighted by Crippen LogP contribution is 2.26. The fourth-order valence-electron chi connectivity index (χ4n) is 3.73. The number of fused-ring (bicyclic) bond motifs is 1. The van der Waals surface area contributed by atoms with Gasteiger partial charge in [-0.1, -0.05) is 30.3 Å². The summed E-state index contributed by atoms with van der Waals surface area (Å²) < 4.78 is 10.8. The lowest BCUT2D eigenvalue weighted by atomic mass is 10.0. The van der Waals surface area contributed by atoms with Crippen LogP contribution >= 0.6 is 0 Å². The second-order valence-electron chi connectivity index (χ2n) is 7.39. The molecule has 154 valence electrons. The quantitative estimate of drug-likeness (QED) is 0.596. The maximum Gasteiger partial charge on any atom is 0.338 e. The Morgan fingerprint density at radius 2 is 1.80 bits per heavy atom. The predicted molar refractivity (Wildman–Crippen MR) is 114 cm³/mol. The Balaban J connectivity index is 1.66. The Kier molecular flexibility index (Phi) is 5.93. The molecule has 0 unspecified atom stereocenters. The summed E-state index contributed by atoms with van der Waals surface area (Å²) in [7, 11) is 1.33. The number of ether oxygens (including phenoxy) is 2. The highest BCUT2D eigenvalue weighted by atomic mass is 16.5. The van der Waals surface area contributed by atoms with E-state index in [1.807, 2.05) is 35.2 Å². The Labute approximate surface area is 175 Å². The molecule has 4 rings (SSSR count). The fraction of sp³-hybridized carbons (Fsp3) is 0.292. The van der Waals surface area contributed by atoms with Crippen LogP contribution in [-0.2, 0) is 11.3 Å². The standard InChI is InChI=1S/C24H24N2O4/c1-29-24(28)21-13-18(23(27)26-10-6-3-7-11-26)12-19-15-25-22(14-20(19)21)30-16-17-8-4-2-5-9-17/h2,4-5,8-9,12-15H,3,6-7,10-11,16H2,1H3. The third-order valence-electron chi connectivity index (χ3n) is 5.34. The number of pyridine rings is 1. The van der Waals surface area contributed by atoms with Gasteiger partial charge in [-0.3, -0.25) is 4.79 Å². The van der Waals surface area contributed by atoms with Gasteiger partial charge < -0.3 is 14.4 Å². The number of hydrogen-bond acceptors (Lipinski definition) is 5. The first kappa shape index (κ1) is 19.9. The first-order valence-electron chi connectivity index (χ1n) is 10.1. The molecule has 0 bridgehead atoms. The van der Waals surface area contributed by atoms with E-state index in [1.54, 1.807) is 24.4 Å². The molecule has 2 aromatic carbocycles. The van der Waals surface area contributed by atoms with E-state index >= 15 is 0 Å². The zero-order valence-electron chi connectivity index (χ0n) is 17.0. The highest BCUT2D eigenvalue weighted by molar-refractivity contribution is 6.08. The minimum Gasteiger partial charge on any atom is -0.473 e. The largest absolute Gasteiger partial charge is 0.473 e. The van der Waals surface area contributed by atoms with E-state index in [9.17, 15) is 9.59 Å². The molecule has 1 amide bonds. The van der Waals surface area contributed by atoms with Gasteiger partial charge in [0.1, 0.15) is 6.61 Å². The van der Waals surface area contributed by atoms with Gasteiger partial charge in [-0.15, -0.1) is 0 Å². The number of rotatable bonds is 5. The van der Waals surface area contributed by atoms with Crippen LogP contribution in [0.4, 0.5) is 0 Å². The zero-order chi connectivity index (χ0) is 20.9. The lowest BCUT2D eigenvalue weighted by Gasteiger charge is -2.27. The number of amides is 1. The van der Waals surface area contributed by atoms with Crippen LogP contribution in [0.1, 0.15) is 45.5 Å². The number of aromatic nitrogens is 1. The number of piperidine rings is 1. The van der Waals surface area contributed by atoms with E-state index in [-0.39, 0.29) is 5.91 Å². The molecule has 1 aliphatic heterocycles. The van der Waals surface area contributed by atoms with Crippen molar-refractivity contribution >= 4 is 22.6 Å². The summed E-state index contributed by atoms with van der Waals surface area (Å²) in [6.07, 6.45) is 4.79. The molecule has 0 spiro atoms. The number of nitrogens with zero attached hydrogens (tertiary/aromatic N) is 2. The van der Waals surface area contributed by atoms with E-state index in [0.717, 1.165) is 37.9 Å². The van der Waals surface area contributed by atoms with Crippen LogP contribution in [-0.4, -0.2) is 42.0 Å². The van der Waals surface area contributed by atoms with E-state index < -0.39 is 5.97 Å². The van der Waals surface area contributed by atoms with E-state index in [1.165, 1.54) is 7.11 Å². The average molecular weight is 404 g/mol. The maximum atomic E-state index is 13.0. The monoisotopic (exact) mass is 404 g/mol. The third-order valence-corrected chi connectivity index (χ3v) is 5.34. The lowest BCUT2D eigenvalue weighted by molar-refractivity contribution is 0.0603. The summed E-state index contributed by atoms with van der Waals surface area (Å²) >= 11 is 0. The highest BCUT2D eigenvalue weighted by Gasteiger charge is 2.22. The van der Waals surface area contributed by atoms with Crippen molar-refractivity contribution in [2.75, 3.05) is 20.2 Å². The second-order valence-corrected chi connectivity index (χ2v) is 7.39. The molecule has 30 heavy (non-hydrogen) atoms. The number of esters is 1. The molecule has 3 aromatic rings. The Morgan fingerprint density at radius 3 is 2.53 bits per heavy atom. The molecule has 0 saturated carbocycles. The molecule has 1 fully saturated rings. The van der Waals surface area contributed by atoms with Crippen LogP contribution in [0.5, 0.6) is 5.88 Å².